The van der Waals surface area contributed by atoms with E-state index in [0.29, 0.717) is 40.0 Å². The number of rotatable bonds is 7. The van der Waals surface area contributed by atoms with Crippen LogP contribution < -0.4 is 20.1 Å². The molecule has 1 aromatic heterocycles. The first-order chi connectivity index (χ1) is 14.0. The van der Waals surface area contributed by atoms with Crippen LogP contribution in [0.3, 0.4) is 0 Å². The highest BCUT2D eigenvalue weighted by Gasteiger charge is 2.14. The van der Waals surface area contributed by atoms with Crippen LogP contribution in [0.2, 0.25) is 0 Å². The molecule has 29 heavy (non-hydrogen) atoms. The van der Waals surface area contributed by atoms with Gasteiger partial charge in [0, 0.05) is 30.1 Å². The van der Waals surface area contributed by atoms with Crippen molar-refractivity contribution in [1.29, 1.82) is 0 Å². The van der Waals surface area contributed by atoms with Gasteiger partial charge in [-0.05, 0) is 25.1 Å². The van der Waals surface area contributed by atoms with Crippen molar-refractivity contribution in [3.8, 4) is 11.5 Å². The Labute approximate surface area is 167 Å². The first kappa shape index (κ1) is 20.1. The Morgan fingerprint density at radius 1 is 1.10 bits per heavy atom. The van der Waals surface area contributed by atoms with E-state index in [1.54, 1.807) is 50.4 Å². The van der Waals surface area contributed by atoms with Crippen molar-refractivity contribution >= 4 is 17.5 Å². The minimum Gasteiger partial charge on any atom is -0.493 e. The Morgan fingerprint density at radius 3 is 2.55 bits per heavy atom. The van der Waals surface area contributed by atoms with Gasteiger partial charge in [-0.3, -0.25) is 4.79 Å². The molecule has 3 aromatic rings. The Hall–Kier alpha value is -3.68. The molecule has 2 N–H and O–H groups in total. The molecule has 0 spiro atoms. The summed E-state index contributed by atoms with van der Waals surface area (Å²) in [6.07, 6.45) is 1.43. The van der Waals surface area contributed by atoms with Gasteiger partial charge in [0.1, 0.15) is 5.82 Å². The summed E-state index contributed by atoms with van der Waals surface area (Å²) >= 11 is 0. The predicted octanol–water partition coefficient (Wildman–Crippen LogP) is 3.81. The van der Waals surface area contributed by atoms with Crippen molar-refractivity contribution in [2.75, 3.05) is 24.9 Å². The lowest BCUT2D eigenvalue weighted by Crippen LogP contribution is -2.16. The largest absolute Gasteiger partial charge is 0.493 e. The van der Waals surface area contributed by atoms with Crippen LogP contribution in [0, 0.1) is 12.7 Å². The molecule has 0 radical (unpaired) electrons. The molecule has 0 unspecified atom stereocenters. The third-order valence-corrected chi connectivity index (χ3v) is 4.26. The Kier molecular flexibility index (Phi) is 6.23. The molecule has 1 heterocycles. The van der Waals surface area contributed by atoms with Gasteiger partial charge >= 0.3 is 0 Å². The molecule has 0 aliphatic heterocycles. The van der Waals surface area contributed by atoms with E-state index in [4.69, 9.17) is 9.47 Å². The fraction of sp³-hybridized carbons (Fsp3) is 0.190. The van der Waals surface area contributed by atoms with Crippen molar-refractivity contribution in [2.24, 2.45) is 0 Å². The second-order valence-electron chi connectivity index (χ2n) is 6.16. The number of hydrogen-bond acceptors (Lipinski definition) is 6. The second kappa shape index (κ2) is 9.01. The quantitative estimate of drug-likeness (QED) is 0.632. The lowest BCUT2D eigenvalue weighted by molar-refractivity contribution is 0.102. The zero-order chi connectivity index (χ0) is 20.8. The molecule has 8 heteroatoms. The molecular weight excluding hydrogens is 375 g/mol. The molecule has 7 nitrogen and oxygen atoms in total. The maximum absolute atomic E-state index is 13.7. The van der Waals surface area contributed by atoms with E-state index in [9.17, 15) is 9.18 Å². The van der Waals surface area contributed by atoms with Gasteiger partial charge in [-0.1, -0.05) is 18.2 Å². The number of aryl methyl sites for hydroxylation is 1. The average Bonchev–Trinajstić information content (AvgIpc) is 2.73. The SMILES string of the molecule is COc1ccc(NC(=O)c2cnc(NCc3ccccc3F)nc2C)cc1OC. The van der Waals surface area contributed by atoms with Crippen LogP contribution >= 0.6 is 0 Å². The molecule has 0 bridgehead atoms. The number of aromatic nitrogens is 2. The monoisotopic (exact) mass is 396 g/mol. The topological polar surface area (TPSA) is 85.4 Å². The summed E-state index contributed by atoms with van der Waals surface area (Å²) in [6.45, 7) is 1.95. The van der Waals surface area contributed by atoms with E-state index >= 15 is 0 Å². The van der Waals surface area contributed by atoms with Crippen molar-refractivity contribution in [3.05, 3.63) is 71.3 Å². The average molecular weight is 396 g/mol. The molecule has 0 atom stereocenters. The third kappa shape index (κ3) is 4.78. The van der Waals surface area contributed by atoms with Crippen LogP contribution in [0.5, 0.6) is 11.5 Å². The zero-order valence-electron chi connectivity index (χ0n) is 16.3. The summed E-state index contributed by atoms with van der Waals surface area (Å²) in [5, 5.41) is 5.75. The maximum Gasteiger partial charge on any atom is 0.259 e. The number of hydrogen-bond donors (Lipinski definition) is 2. The van der Waals surface area contributed by atoms with E-state index < -0.39 is 0 Å². The highest BCUT2D eigenvalue weighted by Crippen LogP contribution is 2.30. The number of carbonyl (C=O) groups excluding carboxylic acids is 1. The van der Waals surface area contributed by atoms with Crippen LogP contribution in [-0.2, 0) is 6.54 Å². The summed E-state index contributed by atoms with van der Waals surface area (Å²) in [5.41, 5.74) is 1.88. The fourth-order valence-electron chi connectivity index (χ4n) is 2.70. The highest BCUT2D eigenvalue weighted by molar-refractivity contribution is 6.05. The summed E-state index contributed by atoms with van der Waals surface area (Å²) in [5.74, 6) is 0.729. The predicted molar refractivity (Wildman–Crippen MR) is 108 cm³/mol. The van der Waals surface area contributed by atoms with Gasteiger partial charge in [0.15, 0.2) is 11.5 Å². The number of benzene rings is 2. The van der Waals surface area contributed by atoms with Gasteiger partial charge in [-0.2, -0.15) is 0 Å². The number of halogens is 1. The smallest absolute Gasteiger partial charge is 0.259 e. The van der Waals surface area contributed by atoms with Gasteiger partial charge in [0.2, 0.25) is 5.95 Å². The first-order valence-corrected chi connectivity index (χ1v) is 8.86. The summed E-state index contributed by atoms with van der Waals surface area (Å²) < 4.78 is 24.1. The van der Waals surface area contributed by atoms with Crippen LogP contribution in [0.1, 0.15) is 21.6 Å². The lowest BCUT2D eigenvalue weighted by Gasteiger charge is -2.12. The molecular formula is C21H21FN4O3. The van der Waals surface area contributed by atoms with Gasteiger partial charge in [0.25, 0.3) is 5.91 Å². The number of nitrogens with zero attached hydrogens (tertiary/aromatic N) is 2. The van der Waals surface area contributed by atoms with Crippen LogP contribution in [0.4, 0.5) is 16.0 Å². The summed E-state index contributed by atoms with van der Waals surface area (Å²) in [4.78, 5) is 21.0. The Balaban J connectivity index is 1.69. The van der Waals surface area contributed by atoms with Crippen molar-refractivity contribution in [1.82, 2.24) is 9.97 Å². The Morgan fingerprint density at radius 2 is 1.86 bits per heavy atom. The Bertz CT molecular complexity index is 1030. The molecule has 0 aliphatic rings. The van der Waals surface area contributed by atoms with E-state index in [-0.39, 0.29) is 18.3 Å². The molecule has 0 aliphatic carbocycles. The molecule has 3 rings (SSSR count). The van der Waals surface area contributed by atoms with Crippen molar-refractivity contribution in [3.63, 3.8) is 0 Å². The highest BCUT2D eigenvalue weighted by atomic mass is 19.1. The zero-order valence-corrected chi connectivity index (χ0v) is 16.3. The number of amides is 1. The number of carbonyl (C=O) groups is 1. The van der Waals surface area contributed by atoms with E-state index in [1.165, 1.54) is 19.4 Å². The van der Waals surface area contributed by atoms with Gasteiger partial charge < -0.3 is 20.1 Å². The normalized spacial score (nSPS) is 10.3. The molecule has 2 aromatic carbocycles. The van der Waals surface area contributed by atoms with Gasteiger partial charge in [0.05, 0.1) is 25.5 Å². The minimum atomic E-state index is -0.352. The van der Waals surface area contributed by atoms with Crippen LogP contribution in [-0.4, -0.2) is 30.1 Å². The van der Waals surface area contributed by atoms with E-state index in [1.807, 2.05) is 0 Å². The van der Waals surface area contributed by atoms with E-state index in [2.05, 4.69) is 20.6 Å². The molecule has 0 fully saturated rings. The molecule has 0 saturated heterocycles. The summed E-state index contributed by atoms with van der Waals surface area (Å²) in [7, 11) is 3.06. The van der Waals surface area contributed by atoms with Crippen LogP contribution in [0.25, 0.3) is 0 Å². The fourth-order valence-corrected chi connectivity index (χ4v) is 2.70. The van der Waals surface area contributed by atoms with Gasteiger partial charge in [-0.15, -0.1) is 0 Å². The molecule has 0 saturated carbocycles. The van der Waals surface area contributed by atoms with Crippen LogP contribution in [0.15, 0.2) is 48.7 Å². The second-order valence-corrected chi connectivity index (χ2v) is 6.16. The molecule has 150 valence electrons. The third-order valence-electron chi connectivity index (χ3n) is 4.26. The number of nitrogens with one attached hydrogen (secondary N) is 2. The van der Waals surface area contributed by atoms with E-state index in [0.717, 1.165) is 0 Å². The first-order valence-electron chi connectivity index (χ1n) is 8.86. The minimum absolute atomic E-state index is 0.239. The standard InChI is InChI=1S/C21H21FN4O3/c1-13-16(20(27)26-15-8-9-18(28-2)19(10-15)29-3)12-24-21(25-13)23-11-14-6-4-5-7-17(14)22/h4-10,12H,11H2,1-3H3,(H,26,27)(H,23,24,25). The lowest BCUT2D eigenvalue weighted by atomic mass is 10.2. The maximum atomic E-state index is 13.7. The van der Waals surface area contributed by atoms with Crippen molar-refractivity contribution in [2.45, 2.75) is 13.5 Å². The van der Waals surface area contributed by atoms with Crippen molar-refractivity contribution < 1.29 is 18.7 Å². The summed E-state index contributed by atoms with van der Waals surface area (Å²) in [6, 6.07) is 11.5. The van der Waals surface area contributed by atoms with Gasteiger partial charge in [-0.25, -0.2) is 14.4 Å². The molecule has 1 amide bonds. The number of ether oxygens (including phenoxy) is 2. The number of anilines is 2. The number of methoxy groups -OCH3 is 2.